The molecule has 1 atom stereocenters. The second-order valence-electron chi connectivity index (χ2n) is 3.33. The third kappa shape index (κ3) is 5.17. The molecule has 1 unspecified atom stereocenters. The molecule has 0 saturated heterocycles. The summed E-state index contributed by atoms with van der Waals surface area (Å²) < 4.78 is 0. The minimum Gasteiger partial charge on any atom is -0.375 e. The molecule has 0 amide bonds. The highest BCUT2D eigenvalue weighted by Crippen LogP contribution is 2.14. The fourth-order valence-corrected chi connectivity index (χ4v) is 1.59. The quantitative estimate of drug-likeness (QED) is 0.406. The van der Waals surface area contributed by atoms with Crippen LogP contribution in [0.1, 0.15) is 46.5 Å². The SMILES string of the molecule is CCCC(CC)C(CC)=NNC(N)=S. The third-order valence-corrected chi connectivity index (χ3v) is 2.36. The van der Waals surface area contributed by atoms with Gasteiger partial charge in [0.1, 0.15) is 0 Å². The molecular formula is C10H21N3S. The number of hydrogen-bond donors (Lipinski definition) is 2. The summed E-state index contributed by atoms with van der Waals surface area (Å²) in [4.78, 5) is 0. The van der Waals surface area contributed by atoms with Gasteiger partial charge in [-0.2, -0.15) is 5.10 Å². The lowest BCUT2D eigenvalue weighted by atomic mass is 9.94. The lowest BCUT2D eigenvalue weighted by molar-refractivity contribution is 0.583. The zero-order chi connectivity index (χ0) is 11.0. The van der Waals surface area contributed by atoms with E-state index in [4.69, 9.17) is 18.0 Å². The average Bonchev–Trinajstić information content (AvgIpc) is 2.16. The van der Waals surface area contributed by atoms with Crippen molar-refractivity contribution < 1.29 is 0 Å². The van der Waals surface area contributed by atoms with Crippen LogP contribution in [0.2, 0.25) is 0 Å². The van der Waals surface area contributed by atoms with Crippen molar-refractivity contribution >= 4 is 23.0 Å². The zero-order valence-corrected chi connectivity index (χ0v) is 10.2. The van der Waals surface area contributed by atoms with Crippen molar-refractivity contribution in [3.8, 4) is 0 Å². The van der Waals surface area contributed by atoms with Crippen LogP contribution in [-0.2, 0) is 0 Å². The predicted molar refractivity (Wildman–Crippen MR) is 66.3 cm³/mol. The van der Waals surface area contributed by atoms with Crippen molar-refractivity contribution in [1.82, 2.24) is 5.43 Å². The Labute approximate surface area is 92.1 Å². The first kappa shape index (κ1) is 13.4. The first-order valence-corrected chi connectivity index (χ1v) is 5.68. The number of nitrogens with two attached hydrogens (primary N) is 1. The van der Waals surface area contributed by atoms with Crippen molar-refractivity contribution in [1.29, 1.82) is 0 Å². The van der Waals surface area contributed by atoms with E-state index < -0.39 is 0 Å². The summed E-state index contributed by atoms with van der Waals surface area (Å²) in [5.74, 6) is 0.562. The number of nitrogens with zero attached hydrogens (tertiary/aromatic N) is 1. The Morgan fingerprint density at radius 1 is 1.43 bits per heavy atom. The molecule has 0 heterocycles. The van der Waals surface area contributed by atoms with Crippen LogP contribution in [0.5, 0.6) is 0 Å². The molecule has 0 rings (SSSR count). The van der Waals surface area contributed by atoms with Gasteiger partial charge in [0.25, 0.3) is 0 Å². The fraction of sp³-hybridized carbons (Fsp3) is 0.800. The molecule has 0 saturated carbocycles. The summed E-state index contributed by atoms with van der Waals surface area (Å²) in [6.07, 6.45) is 4.44. The van der Waals surface area contributed by atoms with E-state index in [-0.39, 0.29) is 5.11 Å². The molecule has 0 aliphatic heterocycles. The molecule has 4 heteroatoms. The Morgan fingerprint density at radius 3 is 2.43 bits per heavy atom. The van der Waals surface area contributed by atoms with Crippen molar-refractivity contribution in [2.24, 2.45) is 16.8 Å². The molecule has 0 aromatic carbocycles. The standard InChI is InChI=1S/C10H21N3S/c1-4-7-8(5-2)9(6-3)12-13-10(11)14/h8H,4-7H2,1-3H3,(H3,11,13,14). The van der Waals surface area contributed by atoms with E-state index in [2.05, 4.69) is 31.3 Å². The summed E-state index contributed by atoms with van der Waals surface area (Å²) in [5.41, 5.74) is 9.16. The van der Waals surface area contributed by atoms with Crippen LogP contribution in [-0.4, -0.2) is 10.8 Å². The summed E-state index contributed by atoms with van der Waals surface area (Å²) in [6.45, 7) is 6.49. The smallest absolute Gasteiger partial charge is 0.184 e. The second kappa shape index (κ2) is 7.74. The van der Waals surface area contributed by atoms with E-state index in [1.807, 2.05) is 0 Å². The molecule has 0 fully saturated rings. The highest BCUT2D eigenvalue weighted by molar-refractivity contribution is 7.80. The summed E-state index contributed by atoms with van der Waals surface area (Å²) in [5, 5.41) is 4.47. The van der Waals surface area contributed by atoms with Gasteiger partial charge in [-0.15, -0.1) is 0 Å². The normalized spacial score (nSPS) is 13.8. The van der Waals surface area contributed by atoms with Crippen LogP contribution in [0.3, 0.4) is 0 Å². The second-order valence-corrected chi connectivity index (χ2v) is 3.77. The van der Waals surface area contributed by atoms with Gasteiger partial charge in [0, 0.05) is 5.71 Å². The van der Waals surface area contributed by atoms with Crippen LogP contribution in [0, 0.1) is 5.92 Å². The highest BCUT2D eigenvalue weighted by Gasteiger charge is 2.11. The third-order valence-electron chi connectivity index (χ3n) is 2.27. The van der Waals surface area contributed by atoms with E-state index >= 15 is 0 Å². The highest BCUT2D eigenvalue weighted by atomic mass is 32.1. The molecule has 0 aliphatic carbocycles. The Morgan fingerprint density at radius 2 is 2.07 bits per heavy atom. The van der Waals surface area contributed by atoms with Gasteiger partial charge in [-0.05, 0) is 37.4 Å². The number of rotatable bonds is 6. The largest absolute Gasteiger partial charge is 0.375 e. The van der Waals surface area contributed by atoms with Crippen molar-refractivity contribution in [3.05, 3.63) is 0 Å². The molecule has 0 aromatic rings. The fourth-order valence-electron chi connectivity index (χ4n) is 1.54. The van der Waals surface area contributed by atoms with Crippen LogP contribution in [0.15, 0.2) is 5.10 Å². The molecule has 82 valence electrons. The first-order valence-electron chi connectivity index (χ1n) is 5.27. The number of hydrogen-bond acceptors (Lipinski definition) is 2. The van der Waals surface area contributed by atoms with E-state index in [1.165, 1.54) is 18.6 Å². The molecule has 0 bridgehead atoms. The van der Waals surface area contributed by atoms with Crippen molar-refractivity contribution in [2.45, 2.75) is 46.5 Å². The van der Waals surface area contributed by atoms with Gasteiger partial charge in [0.15, 0.2) is 5.11 Å². The van der Waals surface area contributed by atoms with Crippen molar-refractivity contribution in [3.63, 3.8) is 0 Å². The van der Waals surface area contributed by atoms with E-state index in [0.717, 1.165) is 12.8 Å². The van der Waals surface area contributed by atoms with Gasteiger partial charge >= 0.3 is 0 Å². The number of nitrogens with one attached hydrogen (secondary N) is 1. The molecule has 3 nitrogen and oxygen atoms in total. The van der Waals surface area contributed by atoms with Gasteiger partial charge < -0.3 is 5.73 Å². The maximum Gasteiger partial charge on any atom is 0.184 e. The van der Waals surface area contributed by atoms with Crippen LogP contribution in [0.25, 0.3) is 0 Å². The number of thiocarbonyl (C=S) groups is 1. The lowest BCUT2D eigenvalue weighted by Gasteiger charge is -2.15. The molecule has 14 heavy (non-hydrogen) atoms. The van der Waals surface area contributed by atoms with Gasteiger partial charge in [-0.3, -0.25) is 5.43 Å². The topological polar surface area (TPSA) is 50.4 Å². The molecule has 0 aromatic heterocycles. The van der Waals surface area contributed by atoms with Crippen molar-refractivity contribution in [2.75, 3.05) is 0 Å². The van der Waals surface area contributed by atoms with Gasteiger partial charge in [0.2, 0.25) is 0 Å². The van der Waals surface area contributed by atoms with Gasteiger partial charge in [-0.1, -0.05) is 27.2 Å². The molecule has 3 N–H and O–H groups in total. The monoisotopic (exact) mass is 215 g/mol. The maximum absolute atomic E-state index is 5.32. The zero-order valence-electron chi connectivity index (χ0n) is 9.34. The molecule has 0 radical (unpaired) electrons. The van der Waals surface area contributed by atoms with E-state index in [9.17, 15) is 0 Å². The first-order chi connectivity index (χ1) is 6.65. The Balaban J connectivity index is 4.33. The minimum absolute atomic E-state index is 0.238. The van der Waals surface area contributed by atoms with E-state index in [1.54, 1.807) is 0 Å². The van der Waals surface area contributed by atoms with Gasteiger partial charge in [-0.25, -0.2) is 0 Å². The summed E-state index contributed by atoms with van der Waals surface area (Å²) in [7, 11) is 0. The maximum atomic E-state index is 5.32. The average molecular weight is 215 g/mol. The molecular weight excluding hydrogens is 194 g/mol. The Hall–Kier alpha value is -0.640. The molecule has 0 spiro atoms. The van der Waals surface area contributed by atoms with Crippen LogP contribution >= 0.6 is 12.2 Å². The summed E-state index contributed by atoms with van der Waals surface area (Å²) in [6, 6.07) is 0. The Bertz CT molecular complexity index is 202. The van der Waals surface area contributed by atoms with E-state index in [0.29, 0.717) is 5.92 Å². The molecule has 0 aliphatic rings. The van der Waals surface area contributed by atoms with Crippen LogP contribution in [0.4, 0.5) is 0 Å². The number of hydrazone groups is 1. The Kier molecular flexibility index (Phi) is 7.38. The predicted octanol–water partition coefficient (Wildman–Crippen LogP) is 2.41. The lowest BCUT2D eigenvalue weighted by Crippen LogP contribution is -2.27. The summed E-state index contributed by atoms with van der Waals surface area (Å²) >= 11 is 4.71. The minimum atomic E-state index is 0.238. The van der Waals surface area contributed by atoms with Crippen LogP contribution < -0.4 is 11.2 Å². The van der Waals surface area contributed by atoms with Gasteiger partial charge in [0.05, 0.1) is 0 Å².